The summed E-state index contributed by atoms with van der Waals surface area (Å²) in [5.74, 6) is 1.75. The molecule has 0 bridgehead atoms. The monoisotopic (exact) mass is 297 g/mol. The molecule has 90 valence electrons. The van der Waals surface area contributed by atoms with E-state index >= 15 is 0 Å². The Labute approximate surface area is 107 Å². The minimum Gasteiger partial charge on any atom is -0.420 e. The molecule has 0 fully saturated rings. The summed E-state index contributed by atoms with van der Waals surface area (Å²) in [4.78, 5) is 8.13. The molecule has 0 saturated heterocycles. The van der Waals surface area contributed by atoms with Crippen molar-refractivity contribution in [3.8, 4) is 11.8 Å². The first kappa shape index (κ1) is 11.8. The molecule has 0 aliphatic rings. The second-order valence-electron chi connectivity index (χ2n) is 3.44. The maximum Gasteiger partial charge on any atom is 0.240 e. The lowest BCUT2D eigenvalue weighted by Gasteiger charge is -2.08. The molecule has 0 aliphatic carbocycles. The van der Waals surface area contributed by atoms with Gasteiger partial charge in [-0.05, 0) is 22.9 Å². The molecule has 7 heteroatoms. The van der Waals surface area contributed by atoms with Crippen LogP contribution in [0, 0.1) is 6.92 Å². The van der Waals surface area contributed by atoms with E-state index in [4.69, 9.17) is 4.74 Å². The van der Waals surface area contributed by atoms with Crippen molar-refractivity contribution in [1.29, 1.82) is 0 Å². The van der Waals surface area contributed by atoms with Crippen LogP contribution in [-0.2, 0) is 7.05 Å². The molecule has 0 unspecified atom stereocenters. The van der Waals surface area contributed by atoms with Gasteiger partial charge in [-0.25, -0.2) is 14.6 Å². The second kappa shape index (κ2) is 4.70. The predicted octanol–water partition coefficient (Wildman–Crippen LogP) is 2.12. The summed E-state index contributed by atoms with van der Waals surface area (Å²) in [5, 5.41) is 7.14. The Morgan fingerprint density at radius 1 is 1.41 bits per heavy atom. The molecular formula is C10H12BrN5O. The van der Waals surface area contributed by atoms with Crippen LogP contribution in [-0.4, -0.2) is 26.8 Å². The summed E-state index contributed by atoms with van der Waals surface area (Å²) in [5.41, 5.74) is 0.890. The first-order valence-electron chi connectivity index (χ1n) is 4.98. The van der Waals surface area contributed by atoms with Crippen molar-refractivity contribution in [1.82, 2.24) is 19.7 Å². The summed E-state index contributed by atoms with van der Waals surface area (Å²) in [6.07, 6.45) is 1.44. The normalized spacial score (nSPS) is 10.4. The van der Waals surface area contributed by atoms with Gasteiger partial charge >= 0.3 is 0 Å². The summed E-state index contributed by atoms with van der Waals surface area (Å²) < 4.78 is 8.00. The van der Waals surface area contributed by atoms with Crippen LogP contribution >= 0.6 is 15.9 Å². The molecule has 6 nitrogen and oxygen atoms in total. The van der Waals surface area contributed by atoms with Crippen molar-refractivity contribution in [2.75, 3.05) is 12.4 Å². The van der Waals surface area contributed by atoms with E-state index in [1.165, 1.54) is 6.33 Å². The topological polar surface area (TPSA) is 64.9 Å². The van der Waals surface area contributed by atoms with Gasteiger partial charge in [-0.1, -0.05) is 0 Å². The number of nitrogens with one attached hydrogen (secondary N) is 1. The number of anilines is 1. The highest BCUT2D eigenvalue weighted by Gasteiger charge is 2.12. The fraction of sp³-hybridized carbons (Fsp3) is 0.300. The van der Waals surface area contributed by atoms with Gasteiger partial charge in [0.15, 0.2) is 0 Å². The van der Waals surface area contributed by atoms with E-state index < -0.39 is 0 Å². The molecule has 17 heavy (non-hydrogen) atoms. The maximum atomic E-state index is 5.67. The Balaban J connectivity index is 2.33. The molecule has 1 N–H and O–H groups in total. The predicted molar refractivity (Wildman–Crippen MR) is 67.3 cm³/mol. The Morgan fingerprint density at radius 2 is 2.18 bits per heavy atom. The van der Waals surface area contributed by atoms with Gasteiger partial charge in [0, 0.05) is 20.2 Å². The molecule has 0 aliphatic heterocycles. The molecule has 2 aromatic heterocycles. The van der Waals surface area contributed by atoms with Crippen LogP contribution in [0.2, 0.25) is 0 Å². The number of aromatic nitrogens is 4. The number of aryl methyl sites for hydroxylation is 2. The zero-order chi connectivity index (χ0) is 12.4. The summed E-state index contributed by atoms with van der Waals surface area (Å²) >= 11 is 3.39. The lowest BCUT2D eigenvalue weighted by atomic mass is 10.5. The molecule has 2 rings (SSSR count). The molecule has 0 aromatic carbocycles. The van der Waals surface area contributed by atoms with E-state index in [9.17, 15) is 0 Å². The molecule has 0 spiro atoms. The van der Waals surface area contributed by atoms with Crippen LogP contribution in [0.3, 0.4) is 0 Å². The van der Waals surface area contributed by atoms with Crippen LogP contribution < -0.4 is 10.1 Å². The van der Waals surface area contributed by atoms with Crippen LogP contribution in [0.5, 0.6) is 11.8 Å². The first-order chi connectivity index (χ1) is 8.11. The number of nitrogens with zero attached hydrogens (tertiary/aromatic N) is 4. The third-order valence-electron chi connectivity index (χ3n) is 2.15. The minimum atomic E-state index is 0.451. The SMILES string of the molecule is CNc1ncnc(Oc2cc(C)nn2C)c1Br. The van der Waals surface area contributed by atoms with Gasteiger partial charge in [-0.2, -0.15) is 5.10 Å². The average Bonchev–Trinajstić information content (AvgIpc) is 2.60. The molecule has 0 amide bonds. The number of hydrogen-bond acceptors (Lipinski definition) is 5. The molecule has 0 radical (unpaired) electrons. The van der Waals surface area contributed by atoms with E-state index in [0.29, 0.717) is 22.1 Å². The van der Waals surface area contributed by atoms with Crippen molar-refractivity contribution in [3.05, 3.63) is 22.6 Å². The van der Waals surface area contributed by atoms with Crippen molar-refractivity contribution in [3.63, 3.8) is 0 Å². The minimum absolute atomic E-state index is 0.451. The van der Waals surface area contributed by atoms with Gasteiger partial charge in [0.05, 0.1) is 5.69 Å². The van der Waals surface area contributed by atoms with E-state index in [2.05, 4.69) is 36.3 Å². The first-order valence-corrected chi connectivity index (χ1v) is 5.78. The lowest BCUT2D eigenvalue weighted by Crippen LogP contribution is -2.00. The van der Waals surface area contributed by atoms with Crippen molar-refractivity contribution in [2.24, 2.45) is 7.05 Å². The van der Waals surface area contributed by atoms with E-state index in [0.717, 1.165) is 5.69 Å². The molecule has 2 heterocycles. The molecule has 2 aromatic rings. The summed E-state index contributed by atoms with van der Waals surface area (Å²) in [7, 11) is 3.60. The van der Waals surface area contributed by atoms with E-state index in [1.54, 1.807) is 11.7 Å². The standard InChI is InChI=1S/C10H12BrN5O/c1-6-4-7(16(3)15-6)17-10-8(11)9(12-2)13-5-14-10/h4-5H,1-3H3,(H,12,13,14). The van der Waals surface area contributed by atoms with Crippen LogP contribution in [0.15, 0.2) is 16.9 Å². The van der Waals surface area contributed by atoms with Gasteiger partial charge in [0.1, 0.15) is 16.6 Å². The highest BCUT2D eigenvalue weighted by Crippen LogP contribution is 2.31. The molecular weight excluding hydrogens is 286 g/mol. The highest BCUT2D eigenvalue weighted by molar-refractivity contribution is 9.10. The summed E-state index contributed by atoms with van der Waals surface area (Å²) in [6.45, 7) is 1.90. The number of hydrogen-bond donors (Lipinski definition) is 1. The average molecular weight is 298 g/mol. The molecule has 0 atom stereocenters. The summed E-state index contributed by atoms with van der Waals surface area (Å²) in [6, 6.07) is 1.84. The maximum absolute atomic E-state index is 5.67. The largest absolute Gasteiger partial charge is 0.420 e. The Kier molecular flexibility index (Phi) is 3.28. The number of halogens is 1. The van der Waals surface area contributed by atoms with Gasteiger partial charge in [-0.3, -0.25) is 0 Å². The number of ether oxygens (including phenoxy) is 1. The number of rotatable bonds is 3. The Hall–Kier alpha value is -1.63. The zero-order valence-electron chi connectivity index (χ0n) is 9.73. The fourth-order valence-electron chi connectivity index (χ4n) is 1.38. The van der Waals surface area contributed by atoms with Crippen LogP contribution in [0.25, 0.3) is 0 Å². The Bertz CT molecular complexity index is 539. The van der Waals surface area contributed by atoms with Gasteiger partial charge in [-0.15, -0.1) is 0 Å². The second-order valence-corrected chi connectivity index (χ2v) is 4.23. The van der Waals surface area contributed by atoms with Crippen molar-refractivity contribution < 1.29 is 4.74 Å². The van der Waals surface area contributed by atoms with Gasteiger partial charge in [0.25, 0.3) is 0 Å². The zero-order valence-corrected chi connectivity index (χ0v) is 11.3. The third-order valence-corrected chi connectivity index (χ3v) is 2.87. The Morgan fingerprint density at radius 3 is 2.76 bits per heavy atom. The van der Waals surface area contributed by atoms with E-state index in [-0.39, 0.29) is 0 Å². The van der Waals surface area contributed by atoms with E-state index in [1.807, 2.05) is 20.0 Å². The van der Waals surface area contributed by atoms with Gasteiger partial charge in [0.2, 0.25) is 11.8 Å². The van der Waals surface area contributed by atoms with Crippen LogP contribution in [0.1, 0.15) is 5.69 Å². The highest BCUT2D eigenvalue weighted by atomic mass is 79.9. The van der Waals surface area contributed by atoms with Gasteiger partial charge < -0.3 is 10.1 Å². The smallest absolute Gasteiger partial charge is 0.240 e. The molecule has 0 saturated carbocycles. The quantitative estimate of drug-likeness (QED) is 0.940. The van der Waals surface area contributed by atoms with Crippen molar-refractivity contribution in [2.45, 2.75) is 6.92 Å². The lowest BCUT2D eigenvalue weighted by molar-refractivity contribution is 0.412. The van der Waals surface area contributed by atoms with Crippen molar-refractivity contribution >= 4 is 21.7 Å². The van der Waals surface area contributed by atoms with Crippen LogP contribution in [0.4, 0.5) is 5.82 Å². The fourth-order valence-corrected chi connectivity index (χ4v) is 1.86. The third kappa shape index (κ3) is 2.38.